The summed E-state index contributed by atoms with van der Waals surface area (Å²) < 4.78 is 0. The number of fused-ring (bicyclic) bond motifs is 1. The van der Waals surface area contributed by atoms with Gasteiger partial charge in [-0.1, -0.05) is 24.3 Å². The molecule has 2 rings (SSSR count). The summed E-state index contributed by atoms with van der Waals surface area (Å²) in [6.07, 6.45) is -0.789. The number of carboxylic acids is 2. The lowest BCUT2D eigenvalue weighted by molar-refractivity contribution is -0.145. The Hall–Kier alpha value is -2.21. The summed E-state index contributed by atoms with van der Waals surface area (Å²) in [5.74, 6) is -5.26. The van der Waals surface area contributed by atoms with Crippen molar-refractivity contribution < 1.29 is 29.7 Å². The zero-order chi connectivity index (χ0) is 18.0. The maximum Gasteiger partial charge on any atom is 0.311 e. The summed E-state index contributed by atoms with van der Waals surface area (Å²) in [4.78, 5) is 34.9. The Kier molecular flexibility index (Phi) is 5.39. The van der Waals surface area contributed by atoms with Gasteiger partial charge in [0.25, 0.3) is 0 Å². The van der Waals surface area contributed by atoms with Gasteiger partial charge in [-0.2, -0.15) is 0 Å². The monoisotopic (exact) mass is 334 g/mol. The van der Waals surface area contributed by atoms with Gasteiger partial charge in [0, 0.05) is 12.3 Å². The zero-order valence-electron chi connectivity index (χ0n) is 13.7. The highest BCUT2D eigenvalue weighted by Gasteiger charge is 2.45. The van der Waals surface area contributed by atoms with E-state index >= 15 is 0 Å². The standard InChI is InChI=1S/C18H22O6/c1-9(19)7-15(17(21)22)14-8-13(10(2)20)16(18(23)24)12-6-4-3-5-11(12)14/h3-6,10,13-16,20H,7-8H2,1-2H3,(H,21,22)(H,23,24)/t10?,13?,14?,15?,16-/m1/s1. The Bertz CT molecular complexity index is 651. The van der Waals surface area contributed by atoms with E-state index in [1.165, 1.54) is 13.8 Å². The molecule has 0 saturated heterocycles. The van der Waals surface area contributed by atoms with Gasteiger partial charge in [0.2, 0.25) is 0 Å². The van der Waals surface area contributed by atoms with Crippen LogP contribution in [0.2, 0.25) is 0 Å². The molecule has 0 aromatic heterocycles. The van der Waals surface area contributed by atoms with Crippen LogP contribution in [0.4, 0.5) is 0 Å². The lowest BCUT2D eigenvalue weighted by atomic mass is 9.64. The fourth-order valence-electron chi connectivity index (χ4n) is 3.80. The quantitative estimate of drug-likeness (QED) is 0.734. The molecule has 0 aliphatic heterocycles. The van der Waals surface area contributed by atoms with Gasteiger partial charge >= 0.3 is 11.9 Å². The number of aliphatic carboxylic acids is 2. The van der Waals surface area contributed by atoms with Crippen molar-refractivity contribution in [2.24, 2.45) is 11.8 Å². The first kappa shape index (κ1) is 18.1. The van der Waals surface area contributed by atoms with Gasteiger partial charge in [0.05, 0.1) is 17.9 Å². The predicted octanol–water partition coefficient (Wildman–Crippen LogP) is 2.02. The summed E-state index contributed by atoms with van der Waals surface area (Å²) >= 11 is 0. The fraction of sp³-hybridized carbons (Fsp3) is 0.500. The number of carbonyl (C=O) groups is 3. The molecule has 0 heterocycles. The van der Waals surface area contributed by atoms with Crippen LogP contribution in [-0.2, 0) is 14.4 Å². The molecule has 5 atom stereocenters. The number of carboxylic acid groups (broad SMARTS) is 2. The van der Waals surface area contributed by atoms with Crippen LogP contribution in [0.1, 0.15) is 49.7 Å². The third-order valence-corrected chi connectivity index (χ3v) is 4.88. The van der Waals surface area contributed by atoms with E-state index in [-0.39, 0.29) is 18.6 Å². The molecule has 0 amide bonds. The summed E-state index contributed by atoms with van der Waals surface area (Å²) in [6, 6.07) is 6.84. The Balaban J connectivity index is 2.56. The van der Waals surface area contributed by atoms with Crippen LogP contribution < -0.4 is 0 Å². The third-order valence-electron chi connectivity index (χ3n) is 4.88. The van der Waals surface area contributed by atoms with Crippen molar-refractivity contribution >= 4 is 17.7 Å². The van der Waals surface area contributed by atoms with Crippen molar-refractivity contribution in [3.8, 4) is 0 Å². The molecule has 3 N–H and O–H groups in total. The highest BCUT2D eigenvalue weighted by molar-refractivity contribution is 5.83. The molecule has 0 spiro atoms. The van der Waals surface area contributed by atoms with E-state index in [0.717, 1.165) is 0 Å². The van der Waals surface area contributed by atoms with Crippen LogP contribution in [0.25, 0.3) is 0 Å². The summed E-state index contributed by atoms with van der Waals surface area (Å²) in [5, 5.41) is 29.2. The van der Waals surface area contributed by atoms with Gasteiger partial charge in [-0.3, -0.25) is 9.59 Å². The van der Waals surface area contributed by atoms with E-state index in [4.69, 9.17) is 0 Å². The number of aliphatic hydroxyl groups is 1. The van der Waals surface area contributed by atoms with Crippen molar-refractivity contribution in [3.63, 3.8) is 0 Å². The molecule has 0 saturated carbocycles. The molecule has 0 bridgehead atoms. The first-order valence-electron chi connectivity index (χ1n) is 7.96. The Morgan fingerprint density at radius 3 is 2.21 bits per heavy atom. The van der Waals surface area contributed by atoms with E-state index in [1.54, 1.807) is 24.3 Å². The van der Waals surface area contributed by atoms with Crippen molar-refractivity contribution in [2.75, 3.05) is 0 Å². The fourth-order valence-corrected chi connectivity index (χ4v) is 3.80. The molecule has 1 aromatic rings. The normalized spacial score (nSPS) is 25.4. The number of hydrogen-bond acceptors (Lipinski definition) is 4. The van der Waals surface area contributed by atoms with Gasteiger partial charge in [0.1, 0.15) is 5.78 Å². The van der Waals surface area contributed by atoms with Crippen LogP contribution in [0, 0.1) is 11.8 Å². The first-order valence-corrected chi connectivity index (χ1v) is 7.96. The molecule has 1 aliphatic rings. The minimum atomic E-state index is -1.08. The van der Waals surface area contributed by atoms with E-state index in [9.17, 15) is 29.7 Å². The van der Waals surface area contributed by atoms with E-state index in [1.807, 2.05) is 0 Å². The van der Waals surface area contributed by atoms with Crippen LogP contribution >= 0.6 is 0 Å². The number of hydrogen-bond donors (Lipinski definition) is 3. The highest BCUT2D eigenvalue weighted by Crippen LogP contribution is 2.47. The molecule has 24 heavy (non-hydrogen) atoms. The largest absolute Gasteiger partial charge is 0.481 e. The predicted molar refractivity (Wildman–Crippen MR) is 85.8 cm³/mol. The van der Waals surface area contributed by atoms with Crippen molar-refractivity contribution in [3.05, 3.63) is 35.4 Å². The number of ketones is 1. The summed E-state index contributed by atoms with van der Waals surface area (Å²) in [5.41, 5.74) is 1.18. The molecule has 0 fully saturated rings. The van der Waals surface area contributed by atoms with Crippen LogP contribution in [0.3, 0.4) is 0 Å². The summed E-state index contributed by atoms with van der Waals surface area (Å²) in [6.45, 7) is 2.86. The van der Waals surface area contributed by atoms with Crippen molar-refractivity contribution in [2.45, 2.75) is 44.6 Å². The number of carbonyl (C=O) groups excluding carboxylic acids is 1. The number of Topliss-reactive ketones (excluding diaryl/α,β-unsaturated/α-hetero) is 1. The molecular formula is C18H22O6. The van der Waals surface area contributed by atoms with Crippen molar-refractivity contribution in [1.82, 2.24) is 0 Å². The van der Waals surface area contributed by atoms with E-state index < -0.39 is 41.7 Å². The lowest BCUT2D eigenvalue weighted by Crippen LogP contribution is -2.38. The average molecular weight is 334 g/mol. The second kappa shape index (κ2) is 7.13. The van der Waals surface area contributed by atoms with E-state index in [0.29, 0.717) is 11.1 Å². The molecule has 130 valence electrons. The van der Waals surface area contributed by atoms with Crippen LogP contribution in [-0.4, -0.2) is 39.1 Å². The molecule has 4 unspecified atom stereocenters. The summed E-state index contributed by atoms with van der Waals surface area (Å²) in [7, 11) is 0. The van der Waals surface area contributed by atoms with Crippen molar-refractivity contribution in [1.29, 1.82) is 0 Å². The van der Waals surface area contributed by atoms with Gasteiger partial charge < -0.3 is 20.1 Å². The first-order chi connectivity index (χ1) is 11.2. The number of benzene rings is 1. The minimum absolute atomic E-state index is 0.112. The third kappa shape index (κ3) is 3.48. The molecule has 6 heteroatoms. The smallest absolute Gasteiger partial charge is 0.311 e. The lowest BCUT2D eigenvalue weighted by Gasteiger charge is -2.39. The second-order valence-corrected chi connectivity index (χ2v) is 6.54. The van der Waals surface area contributed by atoms with Crippen LogP contribution in [0.5, 0.6) is 0 Å². The molecule has 6 nitrogen and oxygen atoms in total. The Labute approximate surface area is 140 Å². The van der Waals surface area contributed by atoms with Gasteiger partial charge in [-0.15, -0.1) is 0 Å². The highest BCUT2D eigenvalue weighted by atomic mass is 16.4. The zero-order valence-corrected chi connectivity index (χ0v) is 13.7. The second-order valence-electron chi connectivity index (χ2n) is 6.54. The molecule has 0 radical (unpaired) electrons. The van der Waals surface area contributed by atoms with Crippen LogP contribution in [0.15, 0.2) is 24.3 Å². The van der Waals surface area contributed by atoms with Gasteiger partial charge in [0.15, 0.2) is 0 Å². The number of aliphatic hydroxyl groups excluding tert-OH is 1. The molecule has 1 aliphatic carbocycles. The SMILES string of the molecule is CC(=O)CC(C(=O)O)C1CC(C(C)O)[C@H](C(=O)O)c2ccccc21. The number of rotatable bonds is 6. The Morgan fingerprint density at radius 2 is 1.75 bits per heavy atom. The minimum Gasteiger partial charge on any atom is -0.481 e. The Morgan fingerprint density at radius 1 is 1.17 bits per heavy atom. The maximum atomic E-state index is 11.7. The topological polar surface area (TPSA) is 112 Å². The maximum absolute atomic E-state index is 11.7. The molecular weight excluding hydrogens is 312 g/mol. The average Bonchev–Trinajstić information content (AvgIpc) is 2.50. The van der Waals surface area contributed by atoms with Gasteiger partial charge in [-0.25, -0.2) is 0 Å². The molecule has 1 aromatic carbocycles. The van der Waals surface area contributed by atoms with E-state index in [2.05, 4.69) is 0 Å². The van der Waals surface area contributed by atoms with Gasteiger partial charge in [-0.05, 0) is 37.3 Å².